The average Bonchev–Trinajstić information content (AvgIpc) is 3.19. The van der Waals surface area contributed by atoms with Gasteiger partial charge in [0.2, 0.25) is 15.9 Å². The number of anilines is 1. The summed E-state index contributed by atoms with van der Waals surface area (Å²) in [4.78, 5) is 13.1. The molecular weight excluding hydrogens is 470 g/mol. The first-order valence-electron chi connectivity index (χ1n) is 11.3. The van der Waals surface area contributed by atoms with Crippen molar-refractivity contribution in [3.8, 4) is 11.4 Å². The van der Waals surface area contributed by atoms with Crippen molar-refractivity contribution in [3.63, 3.8) is 0 Å². The maximum atomic E-state index is 13.0. The van der Waals surface area contributed by atoms with Gasteiger partial charge in [-0.15, -0.1) is 10.2 Å². The summed E-state index contributed by atoms with van der Waals surface area (Å²) >= 11 is 1.30. The molecule has 8 nitrogen and oxygen atoms in total. The van der Waals surface area contributed by atoms with Crippen LogP contribution in [0.4, 0.5) is 5.69 Å². The summed E-state index contributed by atoms with van der Waals surface area (Å²) < 4.78 is 29.3. The third-order valence-corrected chi connectivity index (χ3v) is 8.96. The third-order valence-electron chi connectivity index (χ3n) is 5.93. The smallest absolute Gasteiger partial charge is 0.243 e. The summed E-state index contributed by atoms with van der Waals surface area (Å²) in [6, 6.07) is 14.4. The fourth-order valence-electron chi connectivity index (χ4n) is 3.92. The normalized spacial score (nSPS) is 15.7. The van der Waals surface area contributed by atoms with Gasteiger partial charge in [-0.05, 0) is 50.5 Å². The van der Waals surface area contributed by atoms with Crippen LogP contribution in [0.5, 0.6) is 0 Å². The number of nitrogens with zero attached hydrogens (tertiary/aromatic N) is 4. The fraction of sp³-hybridized carbons (Fsp3) is 0.375. The Hall–Kier alpha value is -2.69. The van der Waals surface area contributed by atoms with Gasteiger partial charge >= 0.3 is 0 Å². The molecule has 1 atom stereocenters. The SMILES string of the molecule is Cc1ccccc1-c1nnc(SC(C)C(=O)Nc2cccc(S(=O)(=O)N3CCCCC3)c2)n1C. The van der Waals surface area contributed by atoms with Crippen molar-refractivity contribution in [2.75, 3.05) is 18.4 Å². The molecule has 1 aliphatic rings. The number of carbonyl (C=O) groups is 1. The van der Waals surface area contributed by atoms with Crippen LogP contribution in [0.15, 0.2) is 58.6 Å². The van der Waals surface area contributed by atoms with Gasteiger partial charge < -0.3 is 9.88 Å². The summed E-state index contributed by atoms with van der Waals surface area (Å²) in [7, 11) is -1.69. The highest BCUT2D eigenvalue weighted by Crippen LogP contribution is 2.28. The molecule has 1 amide bonds. The predicted octanol–water partition coefficient (Wildman–Crippen LogP) is 4.08. The first kappa shape index (κ1) is 24.4. The van der Waals surface area contributed by atoms with E-state index >= 15 is 0 Å². The van der Waals surface area contributed by atoms with Crippen molar-refractivity contribution in [3.05, 3.63) is 54.1 Å². The second-order valence-corrected chi connectivity index (χ2v) is 11.7. The van der Waals surface area contributed by atoms with Gasteiger partial charge in [-0.25, -0.2) is 8.42 Å². The van der Waals surface area contributed by atoms with E-state index in [2.05, 4.69) is 15.5 Å². The minimum absolute atomic E-state index is 0.198. The number of rotatable bonds is 7. The number of aryl methyl sites for hydroxylation is 1. The van der Waals surface area contributed by atoms with E-state index in [0.29, 0.717) is 23.9 Å². The lowest BCUT2D eigenvalue weighted by atomic mass is 10.1. The molecule has 3 aromatic rings. The highest BCUT2D eigenvalue weighted by atomic mass is 32.2. The number of sulfonamides is 1. The molecule has 10 heteroatoms. The van der Waals surface area contributed by atoms with E-state index in [1.54, 1.807) is 25.1 Å². The first-order chi connectivity index (χ1) is 16.3. The molecule has 180 valence electrons. The Balaban J connectivity index is 1.45. The van der Waals surface area contributed by atoms with E-state index in [1.807, 2.05) is 42.8 Å². The number of thioether (sulfide) groups is 1. The first-order valence-corrected chi connectivity index (χ1v) is 13.6. The minimum atomic E-state index is -3.57. The van der Waals surface area contributed by atoms with Gasteiger partial charge in [-0.2, -0.15) is 4.31 Å². The van der Waals surface area contributed by atoms with Crippen LogP contribution in [0.3, 0.4) is 0 Å². The molecule has 0 spiro atoms. The molecule has 4 rings (SSSR count). The second kappa shape index (κ2) is 10.3. The molecule has 1 fully saturated rings. The Morgan fingerprint density at radius 3 is 2.53 bits per heavy atom. The number of hydrogen-bond donors (Lipinski definition) is 1. The summed E-state index contributed by atoms with van der Waals surface area (Å²) in [5, 5.41) is 11.6. The second-order valence-electron chi connectivity index (χ2n) is 8.42. The lowest BCUT2D eigenvalue weighted by Crippen LogP contribution is -2.35. The van der Waals surface area contributed by atoms with Gasteiger partial charge in [-0.1, -0.05) is 48.5 Å². The maximum Gasteiger partial charge on any atom is 0.243 e. The molecule has 0 saturated carbocycles. The highest BCUT2D eigenvalue weighted by molar-refractivity contribution is 8.00. The van der Waals surface area contributed by atoms with Crippen LogP contribution < -0.4 is 5.32 Å². The van der Waals surface area contributed by atoms with Crippen LogP contribution in [0.25, 0.3) is 11.4 Å². The molecule has 0 bridgehead atoms. The number of carbonyl (C=O) groups excluding carboxylic acids is 1. The molecule has 2 heterocycles. The summed E-state index contributed by atoms with van der Waals surface area (Å²) in [5.74, 6) is 0.502. The minimum Gasteiger partial charge on any atom is -0.325 e. The molecule has 1 aromatic heterocycles. The Bertz CT molecular complexity index is 1280. The Morgan fingerprint density at radius 1 is 1.06 bits per heavy atom. The van der Waals surface area contributed by atoms with E-state index in [-0.39, 0.29) is 10.8 Å². The van der Waals surface area contributed by atoms with Gasteiger partial charge in [0.05, 0.1) is 10.1 Å². The molecule has 34 heavy (non-hydrogen) atoms. The molecule has 0 radical (unpaired) electrons. The van der Waals surface area contributed by atoms with Crippen LogP contribution in [0, 0.1) is 6.92 Å². The molecule has 1 unspecified atom stereocenters. The van der Waals surface area contributed by atoms with Crippen LogP contribution in [0.1, 0.15) is 31.7 Å². The van der Waals surface area contributed by atoms with Crippen molar-refractivity contribution in [2.24, 2.45) is 7.05 Å². The van der Waals surface area contributed by atoms with Crippen molar-refractivity contribution < 1.29 is 13.2 Å². The monoisotopic (exact) mass is 499 g/mol. The summed E-state index contributed by atoms with van der Waals surface area (Å²) in [6.45, 7) is 4.88. The summed E-state index contributed by atoms with van der Waals surface area (Å²) in [6.07, 6.45) is 2.80. The van der Waals surface area contributed by atoms with Crippen LogP contribution in [-0.4, -0.2) is 51.7 Å². The highest BCUT2D eigenvalue weighted by Gasteiger charge is 2.26. The number of hydrogen-bond acceptors (Lipinski definition) is 6. The Morgan fingerprint density at radius 2 is 1.79 bits per heavy atom. The van der Waals surface area contributed by atoms with E-state index in [9.17, 15) is 13.2 Å². The van der Waals surface area contributed by atoms with Crippen LogP contribution in [-0.2, 0) is 21.9 Å². The molecule has 1 saturated heterocycles. The molecule has 0 aliphatic carbocycles. The van der Waals surface area contributed by atoms with Gasteiger partial charge in [0.1, 0.15) is 0 Å². The molecular formula is C24H29N5O3S2. The van der Waals surface area contributed by atoms with Crippen molar-refractivity contribution in [1.82, 2.24) is 19.1 Å². The van der Waals surface area contributed by atoms with E-state index in [4.69, 9.17) is 0 Å². The zero-order valence-corrected chi connectivity index (χ0v) is 21.2. The zero-order valence-electron chi connectivity index (χ0n) is 19.6. The van der Waals surface area contributed by atoms with Crippen LogP contribution in [0.2, 0.25) is 0 Å². The zero-order chi connectivity index (χ0) is 24.3. The lowest BCUT2D eigenvalue weighted by molar-refractivity contribution is -0.115. The lowest BCUT2D eigenvalue weighted by Gasteiger charge is -2.26. The third kappa shape index (κ3) is 5.18. The van der Waals surface area contributed by atoms with Gasteiger partial charge in [0, 0.05) is 31.4 Å². The topological polar surface area (TPSA) is 97.2 Å². The van der Waals surface area contributed by atoms with Crippen molar-refractivity contribution in [1.29, 1.82) is 0 Å². The number of amides is 1. The van der Waals surface area contributed by atoms with E-state index < -0.39 is 15.3 Å². The van der Waals surface area contributed by atoms with Gasteiger partial charge in [-0.3, -0.25) is 4.79 Å². The van der Waals surface area contributed by atoms with Gasteiger partial charge in [0.15, 0.2) is 11.0 Å². The predicted molar refractivity (Wildman–Crippen MR) is 134 cm³/mol. The van der Waals surface area contributed by atoms with Crippen molar-refractivity contribution >= 4 is 33.4 Å². The molecule has 1 aliphatic heterocycles. The number of benzene rings is 2. The number of aromatic nitrogens is 3. The fourth-order valence-corrected chi connectivity index (χ4v) is 6.30. The Labute approximate surface area is 204 Å². The molecule has 1 N–H and O–H groups in total. The standard InChI is InChI=1S/C24H29N5O3S2/c1-17-10-5-6-13-21(17)22-26-27-24(28(22)3)33-18(2)23(30)25-19-11-9-12-20(16-19)34(31,32)29-14-7-4-8-15-29/h5-6,9-13,16,18H,4,7-8,14-15H2,1-3H3,(H,25,30). The van der Waals surface area contributed by atoms with E-state index in [0.717, 1.165) is 36.2 Å². The quantitative estimate of drug-likeness (QED) is 0.492. The summed E-state index contributed by atoms with van der Waals surface area (Å²) in [5.41, 5.74) is 2.54. The Kier molecular flexibility index (Phi) is 7.39. The molecule has 2 aromatic carbocycles. The number of nitrogens with one attached hydrogen (secondary N) is 1. The van der Waals surface area contributed by atoms with E-state index in [1.165, 1.54) is 22.1 Å². The number of piperidine rings is 1. The average molecular weight is 500 g/mol. The van der Waals surface area contributed by atoms with Crippen molar-refractivity contribution in [2.45, 2.75) is 48.4 Å². The van der Waals surface area contributed by atoms with Crippen LogP contribution >= 0.6 is 11.8 Å². The largest absolute Gasteiger partial charge is 0.325 e. The maximum absolute atomic E-state index is 13.0. The van der Waals surface area contributed by atoms with Gasteiger partial charge in [0.25, 0.3) is 0 Å².